The lowest BCUT2D eigenvalue weighted by Gasteiger charge is -2.48. The van der Waals surface area contributed by atoms with Gasteiger partial charge in [0.1, 0.15) is 29.5 Å². The van der Waals surface area contributed by atoms with Gasteiger partial charge in [-0.25, -0.2) is 4.39 Å². The summed E-state index contributed by atoms with van der Waals surface area (Å²) in [5.74, 6) is -0.134. The van der Waals surface area contributed by atoms with Crippen LogP contribution in [0.4, 0.5) is 4.39 Å². The highest BCUT2D eigenvalue weighted by Crippen LogP contribution is 2.37. The number of hydrogen-bond donors (Lipinski definition) is 1. The first kappa shape index (κ1) is 19.8. The van der Waals surface area contributed by atoms with Crippen molar-refractivity contribution in [1.82, 2.24) is 4.90 Å². The second-order valence-electron chi connectivity index (χ2n) is 8.90. The molecule has 3 aliphatic heterocycles. The summed E-state index contributed by atoms with van der Waals surface area (Å²) in [5, 5.41) is 11.5. The third-order valence-electron chi connectivity index (χ3n) is 6.42. The number of halogens is 1. The van der Waals surface area contributed by atoms with E-state index in [0.29, 0.717) is 25.3 Å². The molecule has 2 aromatic carbocycles. The largest absolute Gasteiger partial charge is 0.487 e. The molecule has 30 heavy (non-hydrogen) atoms. The molecular formula is C24H28FNO4. The van der Waals surface area contributed by atoms with Crippen LogP contribution in [0.25, 0.3) is 0 Å². The maximum absolute atomic E-state index is 13.5. The van der Waals surface area contributed by atoms with Crippen LogP contribution < -0.4 is 9.47 Å². The van der Waals surface area contributed by atoms with Crippen LogP contribution in [-0.4, -0.2) is 54.2 Å². The zero-order valence-corrected chi connectivity index (χ0v) is 17.4. The predicted octanol–water partition coefficient (Wildman–Crippen LogP) is 3.24. The number of likely N-dealkylation sites (N-methyl/N-ethyl adjacent to an activating group) is 1. The number of morpholine rings is 1. The molecule has 0 aliphatic carbocycles. The van der Waals surface area contributed by atoms with Crippen LogP contribution in [0.1, 0.15) is 29.5 Å². The minimum atomic E-state index is -1.41. The van der Waals surface area contributed by atoms with Crippen molar-refractivity contribution in [2.75, 3.05) is 20.1 Å². The van der Waals surface area contributed by atoms with E-state index in [1.807, 2.05) is 19.2 Å². The van der Waals surface area contributed by atoms with Crippen molar-refractivity contribution >= 4 is 0 Å². The van der Waals surface area contributed by atoms with Gasteiger partial charge in [0.25, 0.3) is 0 Å². The number of aryl methyl sites for hydroxylation is 3. The topological polar surface area (TPSA) is 51.2 Å². The van der Waals surface area contributed by atoms with Gasteiger partial charge in [-0.1, -0.05) is 17.7 Å². The van der Waals surface area contributed by atoms with Crippen LogP contribution >= 0.6 is 0 Å². The number of β-amino-alcohol motifs (C(OH)–C–C–N with tert-alkyl or cyclic N) is 1. The van der Waals surface area contributed by atoms with Crippen molar-refractivity contribution in [3.63, 3.8) is 0 Å². The summed E-state index contributed by atoms with van der Waals surface area (Å²) in [6.07, 6.45) is 2.06. The first-order valence-corrected chi connectivity index (χ1v) is 10.7. The molecule has 0 amide bonds. The lowest BCUT2D eigenvalue weighted by molar-refractivity contribution is -0.312. The third kappa shape index (κ3) is 3.68. The average Bonchev–Trinajstić information content (AvgIpc) is 2.72. The van der Waals surface area contributed by atoms with Gasteiger partial charge in [-0.05, 0) is 75.0 Å². The second-order valence-corrected chi connectivity index (χ2v) is 8.90. The standard InChI is InChI=1S/C24H28FNO4/c1-15-3-7-20-16(11-15)5-10-23(29-20)24(27)14-26(2)13-22(30-24)21-8-4-17-12-18(25)6-9-19(17)28-21/h3,6-7,9,11-12,21-23,27H,4-5,8,10,13-14H2,1-2H3/t21-,22?,23?,24?/m1/s1. The van der Waals surface area contributed by atoms with Gasteiger partial charge >= 0.3 is 0 Å². The monoisotopic (exact) mass is 413 g/mol. The Balaban J connectivity index is 1.33. The van der Waals surface area contributed by atoms with Crippen LogP contribution in [0, 0.1) is 12.7 Å². The SMILES string of the molecule is Cc1ccc2c(c1)CCC(C1(O)CN(C)CC([C@H]3CCc4cc(F)ccc4O3)O1)O2. The third-order valence-corrected chi connectivity index (χ3v) is 6.42. The molecule has 160 valence electrons. The van der Waals surface area contributed by atoms with Crippen LogP contribution in [-0.2, 0) is 17.6 Å². The van der Waals surface area contributed by atoms with E-state index in [4.69, 9.17) is 14.2 Å². The molecule has 0 aromatic heterocycles. The first-order chi connectivity index (χ1) is 14.4. The van der Waals surface area contributed by atoms with Crippen molar-refractivity contribution in [3.05, 3.63) is 58.9 Å². The summed E-state index contributed by atoms with van der Waals surface area (Å²) in [6, 6.07) is 10.8. The van der Waals surface area contributed by atoms with Gasteiger partial charge in [-0.15, -0.1) is 0 Å². The molecule has 6 heteroatoms. The first-order valence-electron chi connectivity index (χ1n) is 10.7. The maximum Gasteiger partial charge on any atom is 0.217 e. The maximum atomic E-state index is 13.5. The van der Waals surface area contributed by atoms with E-state index >= 15 is 0 Å². The lowest BCUT2D eigenvalue weighted by atomic mass is 9.93. The lowest BCUT2D eigenvalue weighted by Crippen LogP contribution is -2.64. The zero-order chi connectivity index (χ0) is 20.9. The fourth-order valence-corrected chi connectivity index (χ4v) is 4.94. The van der Waals surface area contributed by atoms with Gasteiger partial charge in [-0.2, -0.15) is 0 Å². The molecule has 1 N–H and O–H groups in total. The molecule has 0 spiro atoms. The van der Waals surface area contributed by atoms with Gasteiger partial charge in [-0.3, -0.25) is 4.90 Å². The Morgan fingerprint density at radius 3 is 2.60 bits per heavy atom. The molecule has 0 saturated carbocycles. The Kier molecular flexibility index (Phi) is 4.96. The molecule has 5 rings (SSSR count). The Morgan fingerprint density at radius 2 is 1.73 bits per heavy atom. The smallest absolute Gasteiger partial charge is 0.217 e. The van der Waals surface area contributed by atoms with E-state index in [1.54, 1.807) is 6.07 Å². The molecule has 1 saturated heterocycles. The highest BCUT2D eigenvalue weighted by Gasteiger charge is 2.49. The van der Waals surface area contributed by atoms with E-state index in [9.17, 15) is 9.50 Å². The van der Waals surface area contributed by atoms with Crippen molar-refractivity contribution in [3.8, 4) is 11.5 Å². The summed E-state index contributed by atoms with van der Waals surface area (Å²) >= 11 is 0. The number of rotatable bonds is 2. The van der Waals surface area contributed by atoms with Crippen LogP contribution in [0.15, 0.2) is 36.4 Å². The van der Waals surface area contributed by atoms with Gasteiger partial charge in [0, 0.05) is 6.54 Å². The summed E-state index contributed by atoms with van der Waals surface area (Å²) in [7, 11) is 1.98. The number of nitrogens with zero attached hydrogens (tertiary/aromatic N) is 1. The summed E-state index contributed by atoms with van der Waals surface area (Å²) in [5.41, 5.74) is 3.26. The molecule has 2 aromatic rings. The number of hydrogen-bond acceptors (Lipinski definition) is 5. The van der Waals surface area contributed by atoms with Crippen LogP contribution in [0.2, 0.25) is 0 Å². The molecule has 0 bridgehead atoms. The van der Waals surface area contributed by atoms with Gasteiger partial charge in [0.05, 0.1) is 6.54 Å². The highest BCUT2D eigenvalue weighted by atomic mass is 19.1. The minimum Gasteiger partial charge on any atom is -0.487 e. The Morgan fingerprint density at radius 1 is 1.00 bits per heavy atom. The normalized spacial score (nSPS) is 31.3. The molecule has 1 fully saturated rings. The van der Waals surface area contributed by atoms with E-state index in [2.05, 4.69) is 17.9 Å². The van der Waals surface area contributed by atoms with Crippen molar-refractivity contribution in [2.24, 2.45) is 0 Å². The molecule has 4 atom stereocenters. The highest BCUT2D eigenvalue weighted by molar-refractivity contribution is 5.39. The molecule has 3 aliphatic rings. The zero-order valence-electron chi connectivity index (χ0n) is 17.4. The van der Waals surface area contributed by atoms with E-state index < -0.39 is 11.9 Å². The Labute approximate surface area is 176 Å². The van der Waals surface area contributed by atoms with E-state index in [1.165, 1.54) is 23.3 Å². The summed E-state index contributed by atoms with van der Waals surface area (Å²) in [6.45, 7) is 3.11. The number of benzene rings is 2. The predicted molar refractivity (Wildman–Crippen MR) is 110 cm³/mol. The van der Waals surface area contributed by atoms with Crippen LogP contribution in [0.5, 0.6) is 11.5 Å². The molecular weight excluding hydrogens is 385 g/mol. The fraction of sp³-hybridized carbons (Fsp3) is 0.500. The summed E-state index contributed by atoms with van der Waals surface area (Å²) < 4.78 is 32.1. The number of aliphatic hydroxyl groups is 1. The number of ether oxygens (including phenoxy) is 3. The van der Waals surface area contributed by atoms with Crippen molar-refractivity contribution in [2.45, 2.75) is 56.7 Å². The van der Waals surface area contributed by atoms with Gasteiger partial charge < -0.3 is 19.3 Å². The molecule has 3 heterocycles. The van der Waals surface area contributed by atoms with Gasteiger partial charge in [0.2, 0.25) is 5.79 Å². The van der Waals surface area contributed by atoms with Crippen molar-refractivity contribution in [1.29, 1.82) is 0 Å². The number of fused-ring (bicyclic) bond motifs is 2. The average molecular weight is 413 g/mol. The van der Waals surface area contributed by atoms with Crippen molar-refractivity contribution < 1.29 is 23.7 Å². The Hall–Kier alpha value is -2.15. The fourth-order valence-electron chi connectivity index (χ4n) is 4.94. The van der Waals surface area contributed by atoms with E-state index in [-0.39, 0.29) is 18.0 Å². The molecule has 3 unspecified atom stereocenters. The second kappa shape index (κ2) is 7.52. The molecule has 5 nitrogen and oxygen atoms in total. The van der Waals surface area contributed by atoms with Gasteiger partial charge in [0.15, 0.2) is 6.10 Å². The Bertz CT molecular complexity index is 951. The molecule has 0 radical (unpaired) electrons. The summed E-state index contributed by atoms with van der Waals surface area (Å²) in [4.78, 5) is 2.08. The van der Waals surface area contributed by atoms with E-state index in [0.717, 1.165) is 30.6 Å². The minimum absolute atomic E-state index is 0.198. The van der Waals surface area contributed by atoms with Crippen LogP contribution in [0.3, 0.4) is 0 Å². The quantitative estimate of drug-likeness (QED) is 0.819.